The van der Waals surface area contributed by atoms with Gasteiger partial charge in [-0.05, 0) is 31.0 Å². The van der Waals surface area contributed by atoms with Gasteiger partial charge in [-0.3, -0.25) is 0 Å². The number of hydrogen-bond donors (Lipinski definition) is 2. The zero-order chi connectivity index (χ0) is 13.4. The topological polar surface area (TPSA) is 50.7 Å². The maximum absolute atomic E-state index is 9.01. The molecule has 2 atom stereocenters. The number of aliphatic hydroxyl groups excluding tert-OH is 1. The summed E-state index contributed by atoms with van der Waals surface area (Å²) < 4.78 is 10.4. The molecule has 1 rings (SSSR count). The SMILES string of the molecule is COCC(CCO)NC(C)c1cccc(OC)c1. The largest absolute Gasteiger partial charge is 0.497 e. The molecule has 0 spiro atoms. The highest BCUT2D eigenvalue weighted by atomic mass is 16.5. The minimum Gasteiger partial charge on any atom is -0.497 e. The smallest absolute Gasteiger partial charge is 0.119 e. The van der Waals surface area contributed by atoms with Gasteiger partial charge in [0.05, 0.1) is 13.7 Å². The monoisotopic (exact) mass is 253 g/mol. The molecule has 0 aliphatic rings. The predicted octanol–water partition coefficient (Wildman–Crippen LogP) is 1.74. The highest BCUT2D eigenvalue weighted by molar-refractivity contribution is 5.30. The molecule has 0 heterocycles. The van der Waals surface area contributed by atoms with E-state index in [1.54, 1.807) is 14.2 Å². The minimum absolute atomic E-state index is 0.154. The molecule has 102 valence electrons. The van der Waals surface area contributed by atoms with Gasteiger partial charge in [0.15, 0.2) is 0 Å². The first kappa shape index (κ1) is 15.0. The molecular weight excluding hydrogens is 230 g/mol. The van der Waals surface area contributed by atoms with Crippen molar-refractivity contribution in [3.05, 3.63) is 29.8 Å². The van der Waals surface area contributed by atoms with Crippen LogP contribution in [0.3, 0.4) is 0 Å². The molecule has 0 bridgehead atoms. The van der Waals surface area contributed by atoms with Crippen LogP contribution in [-0.4, -0.2) is 38.6 Å². The lowest BCUT2D eigenvalue weighted by Crippen LogP contribution is -2.36. The van der Waals surface area contributed by atoms with E-state index >= 15 is 0 Å². The molecule has 0 aromatic heterocycles. The van der Waals surface area contributed by atoms with Crippen molar-refractivity contribution in [1.29, 1.82) is 0 Å². The Labute approximate surface area is 109 Å². The summed E-state index contributed by atoms with van der Waals surface area (Å²) in [5.74, 6) is 0.853. The average molecular weight is 253 g/mol. The van der Waals surface area contributed by atoms with E-state index in [-0.39, 0.29) is 18.7 Å². The van der Waals surface area contributed by atoms with Crippen LogP contribution in [0.2, 0.25) is 0 Å². The fourth-order valence-corrected chi connectivity index (χ4v) is 1.93. The van der Waals surface area contributed by atoms with Crippen molar-refractivity contribution < 1.29 is 14.6 Å². The lowest BCUT2D eigenvalue weighted by Gasteiger charge is -2.22. The molecule has 0 saturated carbocycles. The van der Waals surface area contributed by atoms with Gasteiger partial charge < -0.3 is 19.9 Å². The first-order chi connectivity index (χ1) is 8.71. The zero-order valence-electron chi connectivity index (χ0n) is 11.3. The highest BCUT2D eigenvalue weighted by Crippen LogP contribution is 2.19. The van der Waals surface area contributed by atoms with E-state index in [0.29, 0.717) is 13.0 Å². The predicted molar refractivity (Wildman–Crippen MR) is 71.9 cm³/mol. The van der Waals surface area contributed by atoms with Crippen molar-refractivity contribution in [3.8, 4) is 5.75 Å². The molecule has 4 heteroatoms. The first-order valence-corrected chi connectivity index (χ1v) is 6.21. The summed E-state index contributed by atoms with van der Waals surface area (Å²) in [7, 11) is 3.33. The molecule has 1 aromatic rings. The van der Waals surface area contributed by atoms with Gasteiger partial charge in [-0.1, -0.05) is 12.1 Å². The molecule has 18 heavy (non-hydrogen) atoms. The molecular formula is C14H23NO3. The van der Waals surface area contributed by atoms with Crippen LogP contribution in [0, 0.1) is 0 Å². The number of rotatable bonds is 8. The van der Waals surface area contributed by atoms with E-state index < -0.39 is 0 Å². The summed E-state index contributed by atoms with van der Waals surface area (Å²) in [5, 5.41) is 12.5. The molecule has 0 radical (unpaired) electrons. The number of methoxy groups -OCH3 is 2. The number of benzene rings is 1. The molecule has 0 aliphatic carbocycles. The fraction of sp³-hybridized carbons (Fsp3) is 0.571. The van der Waals surface area contributed by atoms with Crippen LogP contribution in [0.25, 0.3) is 0 Å². The van der Waals surface area contributed by atoms with Gasteiger partial charge in [0, 0.05) is 25.8 Å². The van der Waals surface area contributed by atoms with Gasteiger partial charge in [-0.2, -0.15) is 0 Å². The Kier molecular flexibility index (Phi) is 6.72. The summed E-state index contributed by atoms with van der Waals surface area (Å²) in [6.07, 6.45) is 0.683. The van der Waals surface area contributed by atoms with Crippen molar-refractivity contribution in [2.45, 2.75) is 25.4 Å². The second kappa shape index (κ2) is 8.08. The molecule has 4 nitrogen and oxygen atoms in total. The van der Waals surface area contributed by atoms with E-state index in [1.165, 1.54) is 0 Å². The van der Waals surface area contributed by atoms with Crippen LogP contribution in [0.1, 0.15) is 24.9 Å². The standard InChI is InChI=1S/C14H23NO3/c1-11(15-13(7-8-16)10-17-2)12-5-4-6-14(9-12)18-3/h4-6,9,11,13,15-16H,7-8,10H2,1-3H3. The molecule has 0 saturated heterocycles. The third-order valence-corrected chi connectivity index (χ3v) is 2.92. The third-order valence-electron chi connectivity index (χ3n) is 2.92. The summed E-state index contributed by atoms with van der Waals surface area (Å²) in [6.45, 7) is 2.84. The van der Waals surface area contributed by atoms with Gasteiger partial charge in [-0.15, -0.1) is 0 Å². The van der Waals surface area contributed by atoms with Crippen LogP contribution >= 0.6 is 0 Å². The quantitative estimate of drug-likeness (QED) is 0.741. The van der Waals surface area contributed by atoms with Gasteiger partial charge in [0.1, 0.15) is 5.75 Å². The van der Waals surface area contributed by atoms with Crippen molar-refractivity contribution in [2.24, 2.45) is 0 Å². The van der Waals surface area contributed by atoms with E-state index in [1.807, 2.05) is 18.2 Å². The maximum Gasteiger partial charge on any atom is 0.119 e. The van der Waals surface area contributed by atoms with E-state index in [2.05, 4.69) is 18.3 Å². The van der Waals surface area contributed by atoms with Crippen molar-refractivity contribution in [3.63, 3.8) is 0 Å². The molecule has 2 N–H and O–H groups in total. The number of hydrogen-bond acceptors (Lipinski definition) is 4. The lowest BCUT2D eigenvalue weighted by atomic mass is 10.1. The molecule has 0 amide bonds. The van der Waals surface area contributed by atoms with Crippen LogP contribution in [0.15, 0.2) is 24.3 Å². The molecule has 1 aromatic carbocycles. The van der Waals surface area contributed by atoms with Crippen LogP contribution in [0.4, 0.5) is 0 Å². The van der Waals surface area contributed by atoms with Gasteiger partial charge in [0.25, 0.3) is 0 Å². The van der Waals surface area contributed by atoms with Gasteiger partial charge in [-0.25, -0.2) is 0 Å². The van der Waals surface area contributed by atoms with Crippen molar-refractivity contribution in [1.82, 2.24) is 5.32 Å². The Balaban J connectivity index is 2.63. The summed E-state index contributed by atoms with van der Waals surface area (Å²) in [4.78, 5) is 0. The molecule has 0 fully saturated rings. The molecule has 0 aliphatic heterocycles. The Morgan fingerprint density at radius 2 is 2.11 bits per heavy atom. The number of aliphatic hydroxyl groups is 1. The Hall–Kier alpha value is -1.10. The van der Waals surface area contributed by atoms with E-state index in [9.17, 15) is 0 Å². The summed E-state index contributed by atoms with van der Waals surface area (Å²) >= 11 is 0. The lowest BCUT2D eigenvalue weighted by molar-refractivity contribution is 0.143. The zero-order valence-corrected chi connectivity index (χ0v) is 11.3. The number of nitrogens with one attached hydrogen (secondary N) is 1. The molecule has 2 unspecified atom stereocenters. The van der Waals surface area contributed by atoms with Gasteiger partial charge >= 0.3 is 0 Å². The summed E-state index contributed by atoms with van der Waals surface area (Å²) in [5.41, 5.74) is 1.16. The third kappa shape index (κ3) is 4.64. The van der Waals surface area contributed by atoms with Crippen LogP contribution < -0.4 is 10.1 Å². The number of ether oxygens (including phenoxy) is 2. The Morgan fingerprint density at radius 1 is 1.33 bits per heavy atom. The second-order valence-corrected chi connectivity index (χ2v) is 4.33. The van der Waals surface area contributed by atoms with E-state index in [0.717, 1.165) is 11.3 Å². The Morgan fingerprint density at radius 3 is 2.72 bits per heavy atom. The van der Waals surface area contributed by atoms with Gasteiger partial charge in [0.2, 0.25) is 0 Å². The normalized spacial score (nSPS) is 14.2. The Bertz CT molecular complexity index is 338. The second-order valence-electron chi connectivity index (χ2n) is 4.33. The highest BCUT2D eigenvalue weighted by Gasteiger charge is 2.13. The fourth-order valence-electron chi connectivity index (χ4n) is 1.93. The van der Waals surface area contributed by atoms with Crippen LogP contribution in [-0.2, 0) is 4.74 Å². The van der Waals surface area contributed by atoms with Crippen LogP contribution in [0.5, 0.6) is 5.75 Å². The summed E-state index contributed by atoms with van der Waals surface area (Å²) in [6, 6.07) is 8.32. The average Bonchev–Trinajstić information content (AvgIpc) is 2.39. The maximum atomic E-state index is 9.01. The minimum atomic E-state index is 0.154. The van der Waals surface area contributed by atoms with Crippen molar-refractivity contribution in [2.75, 3.05) is 27.4 Å². The first-order valence-electron chi connectivity index (χ1n) is 6.21. The van der Waals surface area contributed by atoms with Crippen molar-refractivity contribution >= 4 is 0 Å². The van der Waals surface area contributed by atoms with E-state index in [4.69, 9.17) is 14.6 Å².